The van der Waals surface area contributed by atoms with Gasteiger partial charge in [0.25, 0.3) is 5.91 Å². The fourth-order valence-corrected chi connectivity index (χ4v) is 4.46. The van der Waals surface area contributed by atoms with Crippen molar-refractivity contribution in [2.45, 2.75) is 51.7 Å². The molecule has 1 aromatic carbocycles. The van der Waals surface area contributed by atoms with Crippen LogP contribution in [-0.2, 0) is 24.2 Å². The normalized spacial score (nSPS) is 17.8. The van der Waals surface area contributed by atoms with Crippen LogP contribution in [0.3, 0.4) is 0 Å². The zero-order chi connectivity index (χ0) is 20.1. The number of carbonyl (C=O) groups is 1. The molecule has 3 heterocycles. The van der Waals surface area contributed by atoms with Crippen LogP contribution in [0.2, 0.25) is 0 Å². The summed E-state index contributed by atoms with van der Waals surface area (Å²) in [6.45, 7) is 8.20. The molecule has 6 heteroatoms. The summed E-state index contributed by atoms with van der Waals surface area (Å²) in [5, 5.41) is 4.45. The summed E-state index contributed by atoms with van der Waals surface area (Å²) >= 11 is 0. The van der Waals surface area contributed by atoms with E-state index in [4.69, 9.17) is 4.74 Å². The molecule has 0 N–H and O–H groups in total. The van der Waals surface area contributed by atoms with Crippen LogP contribution in [0, 0.1) is 0 Å². The summed E-state index contributed by atoms with van der Waals surface area (Å²) in [6.07, 6.45) is 5.82. The first kappa shape index (κ1) is 20.1. The van der Waals surface area contributed by atoms with Crippen molar-refractivity contribution in [3.05, 3.63) is 53.3 Å². The summed E-state index contributed by atoms with van der Waals surface area (Å²) in [5.74, 6) is 0.0630. The van der Waals surface area contributed by atoms with Gasteiger partial charge in [0.1, 0.15) is 5.69 Å². The number of aryl methyl sites for hydroxylation is 1. The third kappa shape index (κ3) is 4.87. The van der Waals surface area contributed by atoms with Gasteiger partial charge < -0.3 is 9.64 Å². The SMILES string of the molecule is CCn1ccc(C(=O)N(CCCN2CCc3ccccc3C2)C2CCOCC2)n1. The van der Waals surface area contributed by atoms with Gasteiger partial charge in [0.05, 0.1) is 0 Å². The van der Waals surface area contributed by atoms with Gasteiger partial charge in [0.15, 0.2) is 0 Å². The van der Waals surface area contributed by atoms with Crippen molar-refractivity contribution < 1.29 is 9.53 Å². The summed E-state index contributed by atoms with van der Waals surface area (Å²) in [5.41, 5.74) is 3.49. The molecule has 2 aliphatic rings. The molecule has 0 spiro atoms. The summed E-state index contributed by atoms with van der Waals surface area (Å²) in [7, 11) is 0. The fraction of sp³-hybridized carbons (Fsp3) is 0.565. The molecule has 156 valence electrons. The molecule has 0 aliphatic carbocycles. The Morgan fingerprint density at radius 3 is 2.76 bits per heavy atom. The van der Waals surface area contributed by atoms with E-state index in [-0.39, 0.29) is 11.9 Å². The largest absolute Gasteiger partial charge is 0.381 e. The maximum Gasteiger partial charge on any atom is 0.274 e. The molecule has 6 nitrogen and oxygen atoms in total. The second kappa shape index (κ2) is 9.55. The highest BCUT2D eigenvalue weighted by molar-refractivity contribution is 5.92. The lowest BCUT2D eigenvalue weighted by molar-refractivity contribution is 0.0275. The van der Waals surface area contributed by atoms with Crippen LogP contribution in [0.1, 0.15) is 47.8 Å². The molecular formula is C23H32N4O2. The quantitative estimate of drug-likeness (QED) is 0.722. The Kier molecular flexibility index (Phi) is 6.62. The van der Waals surface area contributed by atoms with E-state index in [2.05, 4.69) is 39.2 Å². The zero-order valence-electron chi connectivity index (χ0n) is 17.4. The molecule has 0 saturated carbocycles. The van der Waals surface area contributed by atoms with Crippen molar-refractivity contribution in [2.75, 3.05) is 32.8 Å². The number of carbonyl (C=O) groups excluding carboxylic acids is 1. The zero-order valence-corrected chi connectivity index (χ0v) is 17.4. The van der Waals surface area contributed by atoms with Crippen LogP contribution in [0.5, 0.6) is 0 Å². The van der Waals surface area contributed by atoms with Crippen molar-refractivity contribution in [1.29, 1.82) is 0 Å². The Morgan fingerprint density at radius 1 is 1.21 bits per heavy atom. The average Bonchev–Trinajstić information content (AvgIpc) is 3.26. The minimum Gasteiger partial charge on any atom is -0.381 e. The maximum atomic E-state index is 13.2. The Hall–Kier alpha value is -2.18. The van der Waals surface area contributed by atoms with Gasteiger partial charge in [-0.2, -0.15) is 5.10 Å². The molecule has 0 radical (unpaired) electrons. The van der Waals surface area contributed by atoms with Gasteiger partial charge in [-0.3, -0.25) is 14.4 Å². The first-order valence-electron chi connectivity index (χ1n) is 11.0. The highest BCUT2D eigenvalue weighted by atomic mass is 16.5. The van der Waals surface area contributed by atoms with E-state index in [1.807, 2.05) is 23.9 Å². The molecule has 29 heavy (non-hydrogen) atoms. The predicted octanol–water partition coefficient (Wildman–Crippen LogP) is 2.97. The van der Waals surface area contributed by atoms with Crippen molar-refractivity contribution >= 4 is 5.91 Å². The van der Waals surface area contributed by atoms with Crippen LogP contribution in [-0.4, -0.2) is 64.4 Å². The third-order valence-electron chi connectivity index (χ3n) is 6.16. The van der Waals surface area contributed by atoms with E-state index in [1.54, 1.807) is 0 Å². The number of amides is 1. The van der Waals surface area contributed by atoms with Crippen LogP contribution < -0.4 is 0 Å². The Morgan fingerprint density at radius 2 is 2.00 bits per heavy atom. The molecule has 4 rings (SSSR count). The summed E-state index contributed by atoms with van der Waals surface area (Å²) < 4.78 is 7.34. The number of rotatable bonds is 7. The standard InChI is InChI=1S/C23H32N4O2/c1-2-26-15-9-22(24-26)23(28)27(21-10-16-29-17-11-21)13-5-12-25-14-8-19-6-3-4-7-20(19)18-25/h3-4,6-7,9,15,21H,2,5,8,10-14,16-18H2,1H3. The summed E-state index contributed by atoms with van der Waals surface area (Å²) in [6, 6.07) is 10.8. The topological polar surface area (TPSA) is 50.6 Å². The van der Waals surface area contributed by atoms with Crippen molar-refractivity contribution in [2.24, 2.45) is 0 Å². The second-order valence-corrected chi connectivity index (χ2v) is 8.05. The van der Waals surface area contributed by atoms with Gasteiger partial charge in [-0.05, 0) is 49.8 Å². The molecule has 1 fully saturated rings. The molecule has 0 atom stereocenters. The van der Waals surface area contributed by atoms with Crippen molar-refractivity contribution in [3.8, 4) is 0 Å². The Bertz CT molecular complexity index is 813. The number of benzene rings is 1. The van der Waals surface area contributed by atoms with Crippen LogP contribution >= 0.6 is 0 Å². The van der Waals surface area contributed by atoms with E-state index in [1.165, 1.54) is 11.1 Å². The van der Waals surface area contributed by atoms with Crippen LogP contribution in [0.25, 0.3) is 0 Å². The minimum absolute atomic E-state index is 0.0630. The van der Waals surface area contributed by atoms with Crippen LogP contribution in [0.15, 0.2) is 36.5 Å². The molecule has 2 aliphatic heterocycles. The lowest BCUT2D eigenvalue weighted by atomic mass is 10.00. The Labute approximate surface area is 173 Å². The smallest absolute Gasteiger partial charge is 0.274 e. The van der Waals surface area contributed by atoms with E-state index >= 15 is 0 Å². The highest BCUT2D eigenvalue weighted by Gasteiger charge is 2.28. The molecular weight excluding hydrogens is 364 g/mol. The van der Waals surface area contributed by atoms with Gasteiger partial charge in [-0.15, -0.1) is 0 Å². The fourth-order valence-electron chi connectivity index (χ4n) is 4.46. The minimum atomic E-state index is 0.0630. The molecule has 2 aromatic rings. The lowest BCUT2D eigenvalue weighted by Gasteiger charge is -2.35. The number of nitrogens with zero attached hydrogens (tertiary/aromatic N) is 4. The van der Waals surface area contributed by atoms with Crippen molar-refractivity contribution in [1.82, 2.24) is 19.6 Å². The number of ether oxygens (including phenoxy) is 1. The monoisotopic (exact) mass is 396 g/mol. The highest BCUT2D eigenvalue weighted by Crippen LogP contribution is 2.20. The van der Waals surface area contributed by atoms with E-state index in [0.717, 1.165) is 71.6 Å². The number of hydrogen-bond acceptors (Lipinski definition) is 4. The third-order valence-corrected chi connectivity index (χ3v) is 6.16. The average molecular weight is 397 g/mol. The lowest BCUT2D eigenvalue weighted by Crippen LogP contribution is -2.45. The van der Waals surface area contributed by atoms with Gasteiger partial charge in [-0.1, -0.05) is 24.3 Å². The molecule has 1 saturated heterocycles. The number of fused-ring (bicyclic) bond motifs is 1. The number of hydrogen-bond donors (Lipinski definition) is 0. The second-order valence-electron chi connectivity index (χ2n) is 8.05. The molecule has 0 bridgehead atoms. The van der Waals surface area contributed by atoms with Crippen LogP contribution in [0.4, 0.5) is 0 Å². The van der Waals surface area contributed by atoms with E-state index in [0.29, 0.717) is 5.69 Å². The Balaban J connectivity index is 1.37. The first-order chi connectivity index (χ1) is 14.2. The van der Waals surface area contributed by atoms with E-state index in [9.17, 15) is 4.79 Å². The molecule has 0 unspecified atom stereocenters. The molecule has 1 aromatic heterocycles. The maximum absolute atomic E-state index is 13.2. The van der Waals surface area contributed by atoms with Gasteiger partial charge in [0, 0.05) is 58.2 Å². The molecule has 1 amide bonds. The van der Waals surface area contributed by atoms with Gasteiger partial charge >= 0.3 is 0 Å². The van der Waals surface area contributed by atoms with E-state index < -0.39 is 0 Å². The summed E-state index contributed by atoms with van der Waals surface area (Å²) in [4.78, 5) is 17.8. The van der Waals surface area contributed by atoms with Gasteiger partial charge in [-0.25, -0.2) is 0 Å². The number of aromatic nitrogens is 2. The van der Waals surface area contributed by atoms with Gasteiger partial charge in [0.2, 0.25) is 0 Å². The van der Waals surface area contributed by atoms with Crippen molar-refractivity contribution in [3.63, 3.8) is 0 Å². The first-order valence-corrected chi connectivity index (χ1v) is 11.0. The predicted molar refractivity (Wildman–Crippen MR) is 113 cm³/mol.